The Morgan fingerprint density at radius 3 is 2.41 bits per heavy atom. The van der Waals surface area contributed by atoms with Gasteiger partial charge in [0.1, 0.15) is 71.3 Å². The minimum atomic E-state index is -1.64. The first kappa shape index (κ1) is 22.8. The lowest BCUT2D eigenvalue weighted by Gasteiger charge is -2.24. The van der Waals surface area contributed by atoms with Crippen LogP contribution in [0.3, 0.4) is 0 Å². The second kappa shape index (κ2) is 9.25. The van der Waals surface area contributed by atoms with Crippen molar-refractivity contribution in [2.45, 2.75) is 12.2 Å². The van der Waals surface area contributed by atoms with E-state index >= 15 is 0 Å². The van der Waals surface area contributed by atoms with E-state index in [9.17, 15) is 34.8 Å². The highest BCUT2D eigenvalue weighted by Crippen LogP contribution is 2.39. The monoisotopic (exact) mass is 468 g/mol. The molecule has 2 unspecified atom stereocenters. The maximum absolute atomic E-state index is 12.3. The summed E-state index contributed by atoms with van der Waals surface area (Å²) in [5.41, 5.74) is -0.504. The Morgan fingerprint density at radius 2 is 1.71 bits per heavy atom. The van der Waals surface area contributed by atoms with Crippen LogP contribution in [0.2, 0.25) is 0 Å². The lowest BCUT2D eigenvalue weighted by Crippen LogP contribution is -2.30. The van der Waals surface area contributed by atoms with Crippen molar-refractivity contribution in [1.29, 1.82) is 0 Å². The van der Waals surface area contributed by atoms with E-state index < -0.39 is 41.1 Å². The Kier molecular flexibility index (Phi) is 6.21. The van der Waals surface area contributed by atoms with Gasteiger partial charge in [0.05, 0.1) is 5.56 Å². The van der Waals surface area contributed by atoms with Crippen molar-refractivity contribution in [3.8, 4) is 17.2 Å². The average Bonchev–Trinajstić information content (AvgIpc) is 2.80. The van der Waals surface area contributed by atoms with Gasteiger partial charge in [0.25, 0.3) is 0 Å². The first-order valence-corrected chi connectivity index (χ1v) is 9.88. The summed E-state index contributed by atoms with van der Waals surface area (Å²) in [6.07, 6.45) is -1.55. The van der Waals surface area contributed by atoms with Gasteiger partial charge < -0.3 is 48.6 Å². The zero-order valence-corrected chi connectivity index (χ0v) is 17.3. The molecule has 3 aromatic rings. The first-order chi connectivity index (χ1) is 16.2. The molecule has 2 atom stereocenters. The highest BCUT2D eigenvalue weighted by molar-refractivity contribution is 5.88. The molecule has 2 heterocycles. The number of carbonyl (C=O) groups excluding carboxylic acids is 2. The number of hydrogen-bond acceptors (Lipinski definition) is 11. The van der Waals surface area contributed by atoms with Crippen molar-refractivity contribution in [1.82, 2.24) is 0 Å². The van der Waals surface area contributed by atoms with Crippen molar-refractivity contribution in [3.63, 3.8) is 0 Å². The number of benzene rings is 2. The molecule has 0 saturated heterocycles. The normalized spacial score (nSPS) is 15.6. The number of ether oxygens (including phenoxy) is 3. The van der Waals surface area contributed by atoms with Gasteiger partial charge in [-0.25, -0.2) is 0 Å². The second-order valence-corrected chi connectivity index (χ2v) is 7.20. The molecule has 34 heavy (non-hydrogen) atoms. The van der Waals surface area contributed by atoms with Gasteiger partial charge in [-0.1, -0.05) is 12.1 Å². The van der Waals surface area contributed by atoms with Gasteiger partial charge in [-0.15, -0.1) is 0 Å². The van der Waals surface area contributed by atoms with E-state index in [1.54, 1.807) is 0 Å². The number of hydrogen-bond donors (Lipinski definition) is 2. The van der Waals surface area contributed by atoms with Gasteiger partial charge in [-0.3, -0.25) is 4.79 Å². The van der Waals surface area contributed by atoms with Crippen LogP contribution in [-0.4, -0.2) is 41.5 Å². The molecule has 2 aromatic carbocycles. The number of carbonyl (C=O) groups is 2. The molecule has 0 spiro atoms. The lowest BCUT2D eigenvalue weighted by molar-refractivity contribution is -0.302. The number of carboxylic acids is 2. The van der Waals surface area contributed by atoms with E-state index in [4.69, 9.17) is 18.6 Å². The van der Waals surface area contributed by atoms with Crippen molar-refractivity contribution in [2.75, 3.05) is 13.2 Å². The van der Waals surface area contributed by atoms with Crippen LogP contribution in [0.4, 0.5) is 0 Å². The van der Waals surface area contributed by atoms with E-state index in [2.05, 4.69) is 0 Å². The van der Waals surface area contributed by atoms with Crippen LogP contribution in [0.15, 0.2) is 63.5 Å². The van der Waals surface area contributed by atoms with Crippen LogP contribution < -0.4 is 29.9 Å². The Hall–Kier alpha value is -4.35. The summed E-state index contributed by atoms with van der Waals surface area (Å²) in [4.78, 5) is 34.3. The Balaban J connectivity index is 1.44. The van der Waals surface area contributed by atoms with Crippen LogP contribution in [0.25, 0.3) is 11.0 Å². The highest BCUT2D eigenvalue weighted by Gasteiger charge is 2.25. The molecule has 1 aromatic heterocycles. The molecular weight excluding hydrogens is 452 g/mol. The number of aliphatic hydroxyl groups excluding tert-OH is 2. The largest absolute Gasteiger partial charge is 0.542 e. The third-order valence-corrected chi connectivity index (χ3v) is 4.83. The third-order valence-electron chi connectivity index (χ3n) is 4.83. The molecule has 0 bridgehead atoms. The van der Waals surface area contributed by atoms with Crippen molar-refractivity contribution in [3.05, 3.63) is 75.8 Å². The minimum absolute atomic E-state index is 0.00599. The topological polar surface area (TPSA) is 179 Å². The first-order valence-electron chi connectivity index (χ1n) is 9.88. The van der Waals surface area contributed by atoms with Gasteiger partial charge in [0, 0.05) is 6.07 Å². The summed E-state index contributed by atoms with van der Waals surface area (Å²) < 4.78 is 21.4. The zero-order valence-electron chi connectivity index (χ0n) is 17.3. The van der Waals surface area contributed by atoms with Crippen LogP contribution in [0, 0.1) is 0 Å². The predicted molar refractivity (Wildman–Crippen MR) is 109 cm³/mol. The maximum Gasteiger partial charge on any atom is 0.197 e. The van der Waals surface area contributed by atoms with Crippen LogP contribution >= 0.6 is 0 Å². The fourth-order valence-corrected chi connectivity index (χ4v) is 3.34. The number of aliphatic carboxylic acids is 1. The van der Waals surface area contributed by atoms with E-state index in [0.717, 1.165) is 12.1 Å². The summed E-state index contributed by atoms with van der Waals surface area (Å²) in [6.45, 7) is -0.585. The average molecular weight is 468 g/mol. The molecule has 1 aliphatic rings. The molecule has 4 rings (SSSR count). The summed E-state index contributed by atoms with van der Waals surface area (Å²) in [5.74, 6) is -4.09. The second-order valence-electron chi connectivity index (χ2n) is 7.20. The van der Waals surface area contributed by atoms with Gasteiger partial charge >= 0.3 is 0 Å². The lowest BCUT2D eigenvalue weighted by atomic mass is 10.0. The predicted octanol–water partition coefficient (Wildman–Crippen LogP) is -0.965. The quantitative estimate of drug-likeness (QED) is 0.416. The smallest absolute Gasteiger partial charge is 0.197 e. The summed E-state index contributed by atoms with van der Waals surface area (Å²) >= 11 is 0. The molecule has 2 N–H and O–H groups in total. The molecule has 0 aliphatic carbocycles. The number of aliphatic hydroxyl groups is 2. The molecule has 0 radical (unpaired) electrons. The minimum Gasteiger partial charge on any atom is -0.542 e. The maximum atomic E-state index is 12.3. The van der Waals surface area contributed by atoms with E-state index in [-0.39, 0.29) is 47.0 Å². The molecule has 0 amide bonds. The number of carboxylic acid groups (broad SMARTS) is 2. The summed E-state index contributed by atoms with van der Waals surface area (Å²) in [7, 11) is 0. The Morgan fingerprint density at radius 1 is 1.03 bits per heavy atom. The number of rotatable bonds is 8. The molecule has 0 saturated carbocycles. The van der Waals surface area contributed by atoms with Gasteiger partial charge in [0.15, 0.2) is 11.2 Å². The molecule has 0 fully saturated rings. The fraction of sp³-hybridized carbons (Fsp3) is 0.174. The molecule has 176 valence electrons. The van der Waals surface area contributed by atoms with Crippen molar-refractivity contribution < 1.29 is 48.6 Å². The Labute approximate surface area is 190 Å². The fourth-order valence-electron chi connectivity index (χ4n) is 3.34. The third kappa shape index (κ3) is 4.56. The van der Waals surface area contributed by atoms with Gasteiger partial charge in [-0.05, 0) is 30.3 Å². The van der Waals surface area contributed by atoms with Crippen molar-refractivity contribution >= 4 is 22.9 Å². The molecule has 11 nitrogen and oxygen atoms in total. The van der Waals surface area contributed by atoms with E-state index in [0.29, 0.717) is 0 Å². The number of fused-ring (bicyclic) bond motifs is 2. The zero-order chi connectivity index (χ0) is 24.4. The molecule has 1 aliphatic heterocycles. The number of aromatic carboxylic acids is 1. The van der Waals surface area contributed by atoms with Crippen LogP contribution in [0.5, 0.6) is 17.2 Å². The Bertz CT molecular complexity index is 1350. The standard InChI is InChI=1S/C23H18O11/c24-11(9-31-14-3-1-5-16-20(14)12(25)7-18(33-16)22(27)28)10-32-15-4-2-6-17-21(15)13(26)8-19(34-17)23(29)30/h1-8,11-12,24-25H,9-10H2,(H,27,28)(H,29,30)/p-2. The van der Waals surface area contributed by atoms with Crippen LogP contribution in [-0.2, 0) is 4.79 Å². The summed E-state index contributed by atoms with van der Waals surface area (Å²) in [6, 6.07) is 9.55. The van der Waals surface area contributed by atoms with Crippen molar-refractivity contribution in [2.24, 2.45) is 0 Å². The van der Waals surface area contributed by atoms with Gasteiger partial charge in [0.2, 0.25) is 0 Å². The SMILES string of the molecule is O=C([O-])C1=CC(O)c2c(OCC(O)COc3cccc4oc(C(=O)[O-])cc(=O)c34)cccc2O1. The highest BCUT2D eigenvalue weighted by atomic mass is 16.5. The van der Waals surface area contributed by atoms with E-state index in [1.165, 1.54) is 36.4 Å². The van der Waals surface area contributed by atoms with E-state index in [1.807, 2.05) is 0 Å². The molecular formula is C23H16O11-2. The van der Waals surface area contributed by atoms with Gasteiger partial charge in [-0.2, -0.15) is 0 Å². The molecule has 11 heteroatoms. The summed E-state index contributed by atoms with van der Waals surface area (Å²) in [5, 5.41) is 42.5. The van der Waals surface area contributed by atoms with Crippen LogP contribution in [0.1, 0.15) is 22.2 Å².